The molecule has 0 saturated heterocycles. The van der Waals surface area contributed by atoms with Gasteiger partial charge in [-0.2, -0.15) is 0 Å². The number of nitrogens with two attached hydrogens (primary N) is 1. The summed E-state index contributed by atoms with van der Waals surface area (Å²) < 4.78 is 17.9. The van der Waals surface area contributed by atoms with E-state index in [0.29, 0.717) is 18.5 Å². The number of hydrogen-bond donors (Lipinski definition) is 2. The third kappa shape index (κ3) is 4.40. The highest BCUT2D eigenvalue weighted by Crippen LogP contribution is 2.16. The zero-order chi connectivity index (χ0) is 12.8. The zero-order valence-electron chi connectivity index (χ0n) is 10.00. The molecule has 1 rings (SSSR count). The predicted molar refractivity (Wildman–Crippen MR) is 65.1 cm³/mol. The third-order valence-corrected chi connectivity index (χ3v) is 2.46. The molecule has 17 heavy (non-hydrogen) atoms. The van der Waals surface area contributed by atoms with Crippen molar-refractivity contribution >= 4 is 17.3 Å². The molecule has 3 N–H and O–H groups in total. The van der Waals surface area contributed by atoms with Crippen LogP contribution in [0.2, 0.25) is 0 Å². The number of amides is 1. The van der Waals surface area contributed by atoms with E-state index in [4.69, 9.17) is 10.5 Å². The van der Waals surface area contributed by atoms with E-state index >= 15 is 0 Å². The van der Waals surface area contributed by atoms with Gasteiger partial charge in [-0.1, -0.05) is 0 Å². The fourth-order valence-corrected chi connectivity index (χ4v) is 1.30. The molecule has 4 nitrogen and oxygen atoms in total. The molecule has 1 amide bonds. The Kier molecular flexibility index (Phi) is 4.90. The van der Waals surface area contributed by atoms with Gasteiger partial charge in [0.05, 0.1) is 11.8 Å². The number of carbonyl (C=O) groups is 1. The smallest absolute Gasteiger partial charge is 0.224 e. The highest BCUT2D eigenvalue weighted by Gasteiger charge is 2.07. The number of hydrogen-bond acceptors (Lipinski definition) is 3. The van der Waals surface area contributed by atoms with Gasteiger partial charge in [0.15, 0.2) is 0 Å². The van der Waals surface area contributed by atoms with Crippen molar-refractivity contribution in [2.75, 3.05) is 18.2 Å². The normalized spacial score (nSPS) is 12.2. The number of anilines is 2. The van der Waals surface area contributed by atoms with E-state index in [1.54, 1.807) is 7.11 Å². The maximum Gasteiger partial charge on any atom is 0.224 e. The van der Waals surface area contributed by atoms with Gasteiger partial charge in [-0.15, -0.1) is 0 Å². The molecule has 0 aliphatic carbocycles. The molecule has 0 radical (unpaired) electrons. The molecule has 0 heterocycles. The fraction of sp³-hybridized carbons (Fsp3) is 0.417. The quantitative estimate of drug-likeness (QED) is 0.775. The number of ether oxygens (including phenoxy) is 1. The molecular formula is C12H17FN2O2. The number of nitrogen functional groups attached to an aromatic ring is 1. The molecule has 0 spiro atoms. The van der Waals surface area contributed by atoms with E-state index in [2.05, 4.69) is 5.32 Å². The van der Waals surface area contributed by atoms with E-state index in [0.717, 1.165) is 0 Å². The van der Waals surface area contributed by atoms with Crippen LogP contribution in [0.15, 0.2) is 18.2 Å². The van der Waals surface area contributed by atoms with Gasteiger partial charge in [0.1, 0.15) is 5.82 Å². The molecular weight excluding hydrogens is 223 g/mol. The Morgan fingerprint density at radius 2 is 2.29 bits per heavy atom. The molecule has 0 aliphatic heterocycles. The lowest BCUT2D eigenvalue weighted by molar-refractivity contribution is -0.116. The second kappa shape index (κ2) is 6.20. The minimum Gasteiger partial charge on any atom is -0.396 e. The number of methoxy groups -OCH3 is 1. The number of carbonyl (C=O) groups excluding carboxylic acids is 1. The number of nitrogens with one attached hydrogen (secondary N) is 1. The fourth-order valence-electron chi connectivity index (χ4n) is 1.30. The highest BCUT2D eigenvalue weighted by molar-refractivity contribution is 5.91. The second-order valence-corrected chi connectivity index (χ2v) is 3.87. The van der Waals surface area contributed by atoms with Crippen molar-refractivity contribution in [3.8, 4) is 0 Å². The zero-order valence-corrected chi connectivity index (χ0v) is 10.00. The summed E-state index contributed by atoms with van der Waals surface area (Å²) in [5.41, 5.74) is 5.91. The van der Waals surface area contributed by atoms with Gasteiger partial charge in [-0.25, -0.2) is 4.39 Å². The topological polar surface area (TPSA) is 64.3 Å². The lowest BCUT2D eigenvalue weighted by atomic mass is 10.2. The van der Waals surface area contributed by atoms with Crippen LogP contribution in [0.1, 0.15) is 19.8 Å². The minimum absolute atomic E-state index is 0.0214. The molecule has 0 aromatic heterocycles. The lowest BCUT2D eigenvalue weighted by Crippen LogP contribution is -2.15. The van der Waals surface area contributed by atoms with Crippen LogP contribution in [0.25, 0.3) is 0 Å². The summed E-state index contributed by atoms with van der Waals surface area (Å²) in [6.07, 6.45) is 1.03. The van der Waals surface area contributed by atoms with Crippen LogP contribution in [0, 0.1) is 5.82 Å². The summed E-state index contributed by atoms with van der Waals surface area (Å²) in [4.78, 5) is 11.5. The van der Waals surface area contributed by atoms with Crippen molar-refractivity contribution in [3.63, 3.8) is 0 Å². The second-order valence-electron chi connectivity index (χ2n) is 3.87. The molecule has 0 fully saturated rings. The lowest BCUT2D eigenvalue weighted by Gasteiger charge is -2.09. The van der Waals surface area contributed by atoms with Crippen molar-refractivity contribution < 1.29 is 13.9 Å². The van der Waals surface area contributed by atoms with Gasteiger partial charge in [0.2, 0.25) is 5.91 Å². The Balaban J connectivity index is 2.48. The summed E-state index contributed by atoms with van der Waals surface area (Å²) in [6, 6.07) is 4.10. The summed E-state index contributed by atoms with van der Waals surface area (Å²) in [5.74, 6) is -0.629. The molecule has 1 aromatic carbocycles. The standard InChI is InChI=1S/C12H17FN2O2/c1-8(17-2)3-6-12(16)15-9-4-5-10(13)11(14)7-9/h4-5,7-8H,3,6,14H2,1-2H3,(H,15,16). The third-order valence-electron chi connectivity index (χ3n) is 2.46. The summed E-state index contributed by atoms with van der Waals surface area (Å²) in [5, 5.41) is 2.65. The molecule has 0 aliphatic rings. The van der Waals surface area contributed by atoms with E-state index in [1.807, 2.05) is 6.92 Å². The van der Waals surface area contributed by atoms with Gasteiger partial charge < -0.3 is 15.8 Å². The highest BCUT2D eigenvalue weighted by atomic mass is 19.1. The molecule has 1 unspecified atom stereocenters. The van der Waals surface area contributed by atoms with Crippen LogP contribution in [-0.2, 0) is 9.53 Å². The Bertz CT molecular complexity index is 396. The monoisotopic (exact) mass is 240 g/mol. The number of benzene rings is 1. The Morgan fingerprint density at radius 1 is 1.59 bits per heavy atom. The minimum atomic E-state index is -0.490. The van der Waals surface area contributed by atoms with Crippen molar-refractivity contribution in [3.05, 3.63) is 24.0 Å². The first-order valence-corrected chi connectivity index (χ1v) is 5.40. The largest absolute Gasteiger partial charge is 0.396 e. The van der Waals surface area contributed by atoms with Gasteiger partial charge in [-0.05, 0) is 31.5 Å². The molecule has 94 valence electrons. The van der Waals surface area contributed by atoms with Gasteiger partial charge in [0, 0.05) is 19.2 Å². The van der Waals surface area contributed by atoms with Crippen molar-refractivity contribution in [1.29, 1.82) is 0 Å². The number of rotatable bonds is 5. The molecule has 0 bridgehead atoms. The first-order valence-electron chi connectivity index (χ1n) is 5.40. The first kappa shape index (κ1) is 13.4. The molecule has 5 heteroatoms. The van der Waals surface area contributed by atoms with Crippen molar-refractivity contribution in [2.24, 2.45) is 0 Å². The van der Waals surface area contributed by atoms with Gasteiger partial charge in [0.25, 0.3) is 0 Å². The summed E-state index contributed by atoms with van der Waals surface area (Å²) >= 11 is 0. The summed E-state index contributed by atoms with van der Waals surface area (Å²) in [7, 11) is 1.60. The maximum atomic E-state index is 12.9. The van der Waals surface area contributed by atoms with Crippen molar-refractivity contribution in [2.45, 2.75) is 25.9 Å². The Morgan fingerprint density at radius 3 is 2.88 bits per heavy atom. The first-order chi connectivity index (χ1) is 8.02. The maximum absolute atomic E-state index is 12.9. The average molecular weight is 240 g/mol. The van der Waals surface area contributed by atoms with Crippen LogP contribution >= 0.6 is 0 Å². The van der Waals surface area contributed by atoms with Gasteiger partial charge in [-0.3, -0.25) is 4.79 Å². The summed E-state index contributed by atoms with van der Waals surface area (Å²) in [6.45, 7) is 1.89. The molecule has 1 aromatic rings. The van der Waals surface area contributed by atoms with Crippen LogP contribution in [0.3, 0.4) is 0 Å². The Labute approximate surface area is 100.0 Å². The Hall–Kier alpha value is -1.62. The van der Waals surface area contributed by atoms with Crippen LogP contribution in [0.5, 0.6) is 0 Å². The van der Waals surface area contributed by atoms with Crippen molar-refractivity contribution in [1.82, 2.24) is 0 Å². The van der Waals surface area contributed by atoms with E-state index in [1.165, 1.54) is 18.2 Å². The SMILES string of the molecule is COC(C)CCC(=O)Nc1ccc(F)c(N)c1. The van der Waals surface area contributed by atoms with E-state index in [9.17, 15) is 9.18 Å². The predicted octanol–water partition coefficient (Wildman–Crippen LogP) is 2.16. The molecule has 0 saturated carbocycles. The molecule has 1 atom stereocenters. The van der Waals surface area contributed by atoms with Crippen LogP contribution in [-0.4, -0.2) is 19.1 Å². The van der Waals surface area contributed by atoms with E-state index in [-0.39, 0.29) is 17.7 Å². The van der Waals surface area contributed by atoms with Gasteiger partial charge >= 0.3 is 0 Å². The van der Waals surface area contributed by atoms with Crippen LogP contribution < -0.4 is 11.1 Å². The van der Waals surface area contributed by atoms with Crippen LogP contribution in [0.4, 0.5) is 15.8 Å². The van der Waals surface area contributed by atoms with E-state index < -0.39 is 5.82 Å². The number of halogens is 1. The average Bonchev–Trinajstić information content (AvgIpc) is 2.31.